The van der Waals surface area contributed by atoms with Crippen LogP contribution in [0.4, 0.5) is 0 Å². The van der Waals surface area contributed by atoms with Gasteiger partial charge < -0.3 is 0 Å². The van der Waals surface area contributed by atoms with Crippen molar-refractivity contribution in [1.29, 1.82) is 0 Å². The van der Waals surface area contributed by atoms with E-state index < -0.39 is 56.9 Å². The van der Waals surface area contributed by atoms with Crippen LogP contribution in [-0.2, 0) is 18.6 Å². The molecular weight excluding hydrogens is 596 g/mol. The molecule has 0 aromatic rings. The Labute approximate surface area is 112 Å². The molecule has 96 valence electrons. The Hall–Kier alpha value is 1.06. The van der Waals surface area contributed by atoms with Crippen LogP contribution in [0.25, 0.3) is 0 Å². The molecule has 0 saturated heterocycles. The summed E-state index contributed by atoms with van der Waals surface area (Å²) in [6, 6.07) is 0. The number of hydrogen-bond acceptors (Lipinski definition) is 12. The Morgan fingerprint density at radius 3 is 0.412 bits per heavy atom. The second-order valence-corrected chi connectivity index (χ2v) is 8.22. The van der Waals surface area contributed by atoms with Gasteiger partial charge in [-0.3, -0.25) is 0 Å². The predicted octanol–water partition coefficient (Wildman–Crippen LogP) is -9.75. The maximum Gasteiger partial charge on any atom is 3.00 e. The zero-order valence-electron chi connectivity index (χ0n) is 7.28. The largest absolute Gasteiger partial charge is 3.00 e. The average molecular weight is 596 g/mol. The van der Waals surface area contributed by atoms with Gasteiger partial charge in [-0.25, -0.2) is 0 Å². The van der Waals surface area contributed by atoms with Crippen molar-refractivity contribution >= 4 is 73.7 Å². The van der Waals surface area contributed by atoms with Crippen molar-refractivity contribution in [2.45, 2.75) is 0 Å². The molecule has 0 radical (unpaired) electrons. The number of rotatable bonds is 0. The van der Waals surface area contributed by atoms with E-state index in [1.807, 2.05) is 0 Å². The summed E-state index contributed by atoms with van der Waals surface area (Å²) in [7, 11) is 0. The molecule has 0 aromatic heterocycles. The molecule has 0 bridgehead atoms. The summed E-state index contributed by atoms with van der Waals surface area (Å²) in [5, 5.41) is 0. The van der Waals surface area contributed by atoms with E-state index >= 15 is 0 Å². The Bertz CT molecular complexity index is 341. The van der Waals surface area contributed by atoms with E-state index in [0.717, 1.165) is 0 Å². The maximum absolute atomic E-state index is 8.63. The van der Waals surface area contributed by atoms with E-state index in [9.17, 15) is 0 Å². The van der Waals surface area contributed by atoms with Gasteiger partial charge in [-0.15, -0.1) is 0 Å². The minimum absolute atomic E-state index is 0. The molecule has 0 rings (SSSR count). The van der Waals surface area contributed by atoms with E-state index in [4.69, 9.17) is 39.5 Å². The van der Waals surface area contributed by atoms with E-state index in [-0.39, 0.29) is 16.8 Å². The van der Waals surface area contributed by atoms with Gasteiger partial charge in [0.15, 0.2) is 0 Å². The molecule has 0 aliphatic rings. The molecule has 0 aromatic carbocycles. The zero-order chi connectivity index (χ0) is 13.5. The molecule has 17 heavy (non-hydrogen) atoms. The third-order valence-corrected chi connectivity index (χ3v) is 0. The summed E-state index contributed by atoms with van der Waals surface area (Å²) in [5.41, 5.74) is 0. The summed E-state index contributed by atoms with van der Waals surface area (Å²) in [5.74, 6) is 0. The van der Waals surface area contributed by atoms with Crippen LogP contribution >= 0.6 is 0 Å². The van der Waals surface area contributed by atoms with E-state index in [1.54, 1.807) is 0 Å². The Balaban J connectivity index is -0.0000000400. The molecule has 0 saturated carbocycles. The van der Waals surface area contributed by atoms with Crippen LogP contribution in [0.2, 0.25) is 0 Å². The zero-order valence-corrected chi connectivity index (χ0v) is 14.3. The van der Waals surface area contributed by atoms with Gasteiger partial charge in [0.1, 0.15) is 0 Å². The van der Waals surface area contributed by atoms with Crippen LogP contribution in [0.5, 0.6) is 0 Å². The molecule has 0 unspecified atom stereocenters. The quantitative estimate of drug-likeness (QED) is 0.237. The number of hydrogen-bond donors (Lipinski definition) is 0. The monoisotopic (exact) mass is 604 g/mol. The maximum atomic E-state index is 8.63. The molecule has 17 heteroatoms. The molecule has 0 spiro atoms. The van der Waals surface area contributed by atoms with Crippen molar-refractivity contribution in [2.24, 2.45) is 0 Å². The molecule has 0 aliphatic heterocycles. The van der Waals surface area contributed by atoms with Crippen molar-refractivity contribution < 1.29 is 39.5 Å². The minimum Gasteiger partial charge on any atom is 3.00 e. The van der Waals surface area contributed by atoms with Gasteiger partial charge in [-0.1, -0.05) is 0 Å². The molecule has 0 fully saturated rings. The van der Waals surface area contributed by atoms with Gasteiger partial charge in [0, 0.05) is 0 Å². The molecular formula is B2O12Te3. The van der Waals surface area contributed by atoms with Crippen molar-refractivity contribution in [3.63, 3.8) is 0 Å². The SMILES string of the molecule is O=[Te](=O)([O-])[O-].O=[Te](=O)([O-])[O-].O=[Te](=O)([O-])[O-].[B+3].[B+3]. The van der Waals surface area contributed by atoms with Crippen LogP contribution in [0, 0.1) is 0 Å². The van der Waals surface area contributed by atoms with Gasteiger partial charge in [0.25, 0.3) is 0 Å². The Morgan fingerprint density at radius 2 is 0.412 bits per heavy atom. The van der Waals surface area contributed by atoms with Crippen molar-refractivity contribution in [3.8, 4) is 0 Å². The predicted molar refractivity (Wildman–Crippen MR) is 32.9 cm³/mol. The van der Waals surface area contributed by atoms with E-state index in [1.165, 1.54) is 0 Å². The van der Waals surface area contributed by atoms with Crippen LogP contribution in [0.1, 0.15) is 0 Å². The second-order valence-electron chi connectivity index (χ2n) is 1.22. The first kappa shape index (κ1) is 30.8. The van der Waals surface area contributed by atoms with Crippen molar-refractivity contribution in [3.05, 3.63) is 0 Å². The normalized spacial score (nSPS) is 10.2. The van der Waals surface area contributed by atoms with Crippen LogP contribution < -0.4 is 20.8 Å². The van der Waals surface area contributed by atoms with Gasteiger partial charge >= 0.3 is 113 Å². The molecule has 0 heterocycles. The molecule has 0 N–H and O–H groups in total. The van der Waals surface area contributed by atoms with Gasteiger partial charge in [-0.2, -0.15) is 0 Å². The summed E-state index contributed by atoms with van der Waals surface area (Å²) >= 11 is -18.1. The van der Waals surface area contributed by atoms with E-state index in [0.29, 0.717) is 0 Å². The summed E-state index contributed by atoms with van der Waals surface area (Å²) < 4.78 is 104. The van der Waals surface area contributed by atoms with Crippen LogP contribution in [-0.4, -0.2) is 73.7 Å². The van der Waals surface area contributed by atoms with E-state index in [2.05, 4.69) is 0 Å². The topological polar surface area (TPSA) is 241 Å². The first-order chi connectivity index (χ1) is 6.00. The molecule has 12 nitrogen and oxygen atoms in total. The van der Waals surface area contributed by atoms with Crippen LogP contribution in [0.15, 0.2) is 0 Å². The van der Waals surface area contributed by atoms with Gasteiger partial charge in [0.2, 0.25) is 0 Å². The smallest absolute Gasteiger partial charge is 3.00 e. The second kappa shape index (κ2) is 12.1. The average Bonchev–Trinajstić information content (AvgIpc) is 1.41. The summed E-state index contributed by atoms with van der Waals surface area (Å²) in [4.78, 5) is 0. The van der Waals surface area contributed by atoms with Gasteiger partial charge in [-0.05, 0) is 0 Å². The molecule has 0 atom stereocenters. The summed E-state index contributed by atoms with van der Waals surface area (Å²) in [6.45, 7) is 0. The fourth-order valence-corrected chi connectivity index (χ4v) is 0. The minimum atomic E-state index is -6.02. The fraction of sp³-hybridized carbons (Fsp3) is 0. The first-order valence-electron chi connectivity index (χ1n) is 2.00. The third-order valence-electron chi connectivity index (χ3n) is 0. The van der Waals surface area contributed by atoms with Crippen molar-refractivity contribution in [2.75, 3.05) is 0 Å². The fourth-order valence-electron chi connectivity index (χ4n) is 0. The van der Waals surface area contributed by atoms with Crippen LogP contribution in [0.3, 0.4) is 0 Å². The Morgan fingerprint density at radius 1 is 0.412 bits per heavy atom. The summed E-state index contributed by atoms with van der Waals surface area (Å²) in [6.07, 6.45) is 0. The Kier molecular flexibility index (Phi) is 22.0. The van der Waals surface area contributed by atoms with Crippen molar-refractivity contribution in [1.82, 2.24) is 0 Å². The standard InChI is InChI=1S/2B.3H2O4Te/c;;3*1-5(2,3)4/h;;3*(H2,1,2,3,4)/q2*+3;;;/p-6. The first-order valence-corrected chi connectivity index (χ1v) is 13.4. The van der Waals surface area contributed by atoms with Gasteiger partial charge in [0.05, 0.1) is 0 Å². The molecule has 0 aliphatic carbocycles. The third kappa shape index (κ3) is 3450. The molecule has 0 amide bonds.